The van der Waals surface area contributed by atoms with Crippen LogP contribution in [0.2, 0.25) is 0 Å². The third-order valence-corrected chi connectivity index (χ3v) is 12.0. The number of likely N-dealkylation sites (tertiary alicyclic amines) is 1. The third kappa shape index (κ3) is 5.77. The maximum absolute atomic E-state index is 15.2. The second kappa shape index (κ2) is 12.7. The summed E-state index contributed by atoms with van der Waals surface area (Å²) in [5, 5.41) is 10.6. The first-order chi connectivity index (χ1) is 20.6. The van der Waals surface area contributed by atoms with Crippen molar-refractivity contribution in [3.8, 4) is 0 Å². The van der Waals surface area contributed by atoms with Crippen LogP contribution in [0, 0.1) is 29.1 Å². The molecule has 2 bridgehead atoms. The standard InChI is InChI=1S/C36H53N3O4S/c1-11-18-37(25-16-14-13-15-17-25)31(41)28-27-20-24(5)36(44-27)29(28)32(42)39(26(21-40)23(3)4)30(36)33(43)38(19-12-2)35(9,10)22-34(6,7)8/h11-17,23-24,26-30,40H,1-2,18-22H2,3-10H3/t24?,26-,27+,28-,29-,30?,36?/m0/s1. The number of carbonyl (C=O) groups excluding carboxylic acids is 3. The van der Waals surface area contributed by atoms with E-state index in [4.69, 9.17) is 0 Å². The first-order valence-electron chi connectivity index (χ1n) is 16.1. The molecule has 7 nitrogen and oxygen atoms in total. The topological polar surface area (TPSA) is 81.2 Å². The van der Waals surface area contributed by atoms with Gasteiger partial charge >= 0.3 is 0 Å². The third-order valence-electron chi connectivity index (χ3n) is 9.93. The molecular formula is C36H53N3O4S. The number of rotatable bonds is 12. The molecular weight excluding hydrogens is 570 g/mol. The molecule has 0 aliphatic carbocycles. The van der Waals surface area contributed by atoms with Crippen molar-refractivity contribution in [2.24, 2.45) is 29.1 Å². The minimum Gasteiger partial charge on any atom is -0.394 e. The number of anilines is 1. The van der Waals surface area contributed by atoms with Crippen LogP contribution in [0.3, 0.4) is 0 Å². The van der Waals surface area contributed by atoms with Gasteiger partial charge in [-0.05, 0) is 56.1 Å². The van der Waals surface area contributed by atoms with Gasteiger partial charge in [0.25, 0.3) is 0 Å². The second-order valence-electron chi connectivity index (χ2n) is 15.2. The quantitative estimate of drug-likeness (QED) is 0.298. The molecule has 3 heterocycles. The molecule has 3 saturated heterocycles. The summed E-state index contributed by atoms with van der Waals surface area (Å²) in [4.78, 5) is 49.9. The fourth-order valence-electron chi connectivity index (χ4n) is 8.54. The number of aliphatic hydroxyl groups excluding tert-OH is 1. The van der Waals surface area contributed by atoms with Crippen LogP contribution in [0.1, 0.15) is 68.2 Å². The Labute approximate surface area is 269 Å². The van der Waals surface area contributed by atoms with Crippen LogP contribution < -0.4 is 4.90 Å². The van der Waals surface area contributed by atoms with Gasteiger partial charge in [0, 0.05) is 29.6 Å². The number of amides is 3. The van der Waals surface area contributed by atoms with Crippen molar-refractivity contribution in [3.05, 3.63) is 55.6 Å². The Hall–Kier alpha value is -2.58. The van der Waals surface area contributed by atoms with Gasteiger partial charge in [0.05, 0.1) is 29.2 Å². The molecule has 1 aromatic carbocycles. The maximum Gasteiger partial charge on any atom is 0.247 e. The predicted octanol–water partition coefficient (Wildman–Crippen LogP) is 5.79. The van der Waals surface area contributed by atoms with Crippen molar-refractivity contribution in [2.45, 2.75) is 95.9 Å². The molecule has 0 saturated carbocycles. The number of thioether (sulfide) groups is 1. The maximum atomic E-state index is 15.2. The first kappa shape index (κ1) is 34.3. The lowest BCUT2D eigenvalue weighted by Gasteiger charge is -2.48. The van der Waals surface area contributed by atoms with Crippen molar-refractivity contribution in [3.63, 3.8) is 0 Å². The molecule has 3 amide bonds. The highest BCUT2D eigenvalue weighted by atomic mass is 32.2. The van der Waals surface area contributed by atoms with Gasteiger partial charge in [-0.1, -0.05) is 71.9 Å². The molecule has 0 radical (unpaired) electrons. The summed E-state index contributed by atoms with van der Waals surface area (Å²) in [5.41, 5.74) is 0.199. The van der Waals surface area contributed by atoms with Crippen LogP contribution in [0.5, 0.6) is 0 Å². The van der Waals surface area contributed by atoms with Gasteiger partial charge in [0.2, 0.25) is 17.7 Å². The number of nitrogens with zero attached hydrogens (tertiary/aromatic N) is 3. The lowest BCUT2D eigenvalue weighted by Crippen LogP contribution is -2.63. The van der Waals surface area contributed by atoms with Crippen LogP contribution in [0.4, 0.5) is 5.69 Å². The SMILES string of the molecule is C=CCN(C(=O)[C@@H]1[C@H]2C(=O)N([C@@H](CO)C(C)C)C(C(=O)N(CC=C)C(C)(C)CC(C)(C)C)C23S[C@@H]1CC3C)c1ccccc1. The molecule has 1 spiro atoms. The lowest BCUT2D eigenvalue weighted by atomic mass is 9.65. The summed E-state index contributed by atoms with van der Waals surface area (Å²) in [7, 11) is 0. The smallest absolute Gasteiger partial charge is 0.247 e. The first-order valence-corrected chi connectivity index (χ1v) is 17.0. The number of para-hydroxylation sites is 1. The van der Waals surface area contributed by atoms with E-state index >= 15 is 4.79 Å². The van der Waals surface area contributed by atoms with Crippen molar-refractivity contribution < 1.29 is 19.5 Å². The molecule has 0 aromatic heterocycles. The molecule has 1 aromatic rings. The van der Waals surface area contributed by atoms with Crippen LogP contribution >= 0.6 is 11.8 Å². The molecule has 3 unspecified atom stereocenters. The number of carbonyl (C=O) groups is 3. The summed E-state index contributed by atoms with van der Waals surface area (Å²) in [6, 6.07) is 8.17. The summed E-state index contributed by atoms with van der Waals surface area (Å²) >= 11 is 1.68. The van der Waals surface area contributed by atoms with Crippen molar-refractivity contribution >= 4 is 35.2 Å². The molecule has 7 atom stereocenters. The van der Waals surface area contributed by atoms with Gasteiger partial charge in [-0.3, -0.25) is 14.4 Å². The van der Waals surface area contributed by atoms with E-state index in [1.165, 1.54) is 0 Å². The summed E-state index contributed by atoms with van der Waals surface area (Å²) in [5.74, 6) is -1.70. The normalized spacial score (nSPS) is 28.6. The fourth-order valence-corrected chi connectivity index (χ4v) is 10.9. The summed E-state index contributed by atoms with van der Waals surface area (Å²) < 4.78 is -0.783. The van der Waals surface area contributed by atoms with Gasteiger partial charge in [0.1, 0.15) is 6.04 Å². The largest absolute Gasteiger partial charge is 0.394 e. The van der Waals surface area contributed by atoms with Gasteiger partial charge in [-0.15, -0.1) is 24.9 Å². The van der Waals surface area contributed by atoms with Crippen LogP contribution in [0.25, 0.3) is 0 Å². The molecule has 3 aliphatic heterocycles. The number of fused-ring (bicyclic) bond motifs is 1. The Morgan fingerprint density at radius 3 is 2.23 bits per heavy atom. The van der Waals surface area contributed by atoms with E-state index in [1.807, 2.05) is 49.1 Å². The average molecular weight is 624 g/mol. The molecule has 4 rings (SSSR count). The summed E-state index contributed by atoms with van der Waals surface area (Å²) in [6.45, 7) is 25.1. The Morgan fingerprint density at radius 1 is 1.09 bits per heavy atom. The molecule has 242 valence electrons. The average Bonchev–Trinajstić information content (AvgIpc) is 3.53. The molecule has 8 heteroatoms. The molecule has 3 aliphatic rings. The molecule has 1 N–H and O–H groups in total. The Kier molecular flexibility index (Phi) is 9.87. The highest BCUT2D eigenvalue weighted by Gasteiger charge is 2.77. The van der Waals surface area contributed by atoms with E-state index in [0.717, 1.165) is 18.5 Å². The Balaban J connectivity index is 1.87. The van der Waals surface area contributed by atoms with Crippen LogP contribution in [-0.2, 0) is 14.4 Å². The van der Waals surface area contributed by atoms with Crippen LogP contribution in [0.15, 0.2) is 55.6 Å². The van der Waals surface area contributed by atoms with E-state index in [2.05, 4.69) is 54.7 Å². The minimum absolute atomic E-state index is 0.0295. The van der Waals surface area contributed by atoms with Crippen LogP contribution in [-0.4, -0.2) is 79.9 Å². The van der Waals surface area contributed by atoms with E-state index in [1.54, 1.807) is 33.7 Å². The van der Waals surface area contributed by atoms with E-state index < -0.39 is 34.2 Å². The van der Waals surface area contributed by atoms with Gasteiger partial charge in [-0.25, -0.2) is 0 Å². The fraction of sp³-hybridized carbons (Fsp3) is 0.639. The number of aliphatic hydroxyl groups is 1. The highest BCUT2D eigenvalue weighted by Crippen LogP contribution is 2.69. The monoisotopic (exact) mass is 623 g/mol. The zero-order chi connectivity index (χ0) is 32.8. The highest BCUT2D eigenvalue weighted by molar-refractivity contribution is 8.02. The zero-order valence-corrected chi connectivity index (χ0v) is 28.8. The molecule has 3 fully saturated rings. The summed E-state index contributed by atoms with van der Waals surface area (Å²) in [6.07, 6.45) is 4.97. The Bertz CT molecular complexity index is 1260. The van der Waals surface area contributed by atoms with E-state index in [0.29, 0.717) is 13.1 Å². The minimum atomic E-state index is -0.800. The number of hydrogen-bond donors (Lipinski definition) is 1. The zero-order valence-electron chi connectivity index (χ0n) is 28.0. The van der Waals surface area contributed by atoms with Gasteiger partial charge < -0.3 is 19.8 Å². The number of hydrogen-bond acceptors (Lipinski definition) is 5. The Morgan fingerprint density at radius 2 is 1.70 bits per heavy atom. The van der Waals surface area contributed by atoms with E-state index in [9.17, 15) is 14.7 Å². The van der Waals surface area contributed by atoms with Crippen molar-refractivity contribution in [1.29, 1.82) is 0 Å². The van der Waals surface area contributed by atoms with Crippen molar-refractivity contribution in [1.82, 2.24) is 9.80 Å². The van der Waals surface area contributed by atoms with Crippen molar-refractivity contribution in [2.75, 3.05) is 24.6 Å². The van der Waals surface area contributed by atoms with Gasteiger partial charge in [-0.2, -0.15) is 0 Å². The lowest BCUT2D eigenvalue weighted by molar-refractivity contribution is -0.150. The predicted molar refractivity (Wildman–Crippen MR) is 180 cm³/mol. The number of benzene rings is 1. The van der Waals surface area contributed by atoms with E-state index in [-0.39, 0.29) is 46.8 Å². The second-order valence-corrected chi connectivity index (χ2v) is 16.7. The molecule has 44 heavy (non-hydrogen) atoms. The van der Waals surface area contributed by atoms with Gasteiger partial charge in [0.15, 0.2) is 0 Å².